The number of aryl methyl sites for hydroxylation is 1. The monoisotopic (exact) mass is 299 g/mol. The average molecular weight is 299 g/mol. The van der Waals surface area contributed by atoms with Crippen LogP contribution in [0.5, 0.6) is 0 Å². The van der Waals surface area contributed by atoms with Gasteiger partial charge in [0, 0.05) is 25.0 Å². The van der Waals surface area contributed by atoms with Gasteiger partial charge in [-0.3, -0.25) is 4.99 Å². The van der Waals surface area contributed by atoms with Crippen LogP contribution >= 0.6 is 0 Å². The summed E-state index contributed by atoms with van der Waals surface area (Å²) >= 11 is 0. The van der Waals surface area contributed by atoms with Gasteiger partial charge >= 0.3 is 0 Å². The lowest BCUT2D eigenvalue weighted by Gasteiger charge is -2.24. The highest BCUT2D eigenvalue weighted by molar-refractivity contribution is 5.79. The molecule has 0 atom stereocenters. The minimum atomic E-state index is 0.559. The smallest absolute Gasteiger partial charge is 0.191 e. The van der Waals surface area contributed by atoms with Gasteiger partial charge in [-0.2, -0.15) is 0 Å². The summed E-state index contributed by atoms with van der Waals surface area (Å²) in [7, 11) is 1.83. The molecule has 2 aromatic heterocycles. The molecule has 1 saturated carbocycles. The highest BCUT2D eigenvalue weighted by Gasteiger charge is 2.14. The Balaban J connectivity index is 1.60. The maximum Gasteiger partial charge on any atom is 0.191 e. The first kappa shape index (κ1) is 14.9. The van der Waals surface area contributed by atoms with Crippen LogP contribution in [0.4, 0.5) is 0 Å². The van der Waals surface area contributed by atoms with Crippen molar-refractivity contribution < 1.29 is 0 Å². The van der Waals surface area contributed by atoms with Gasteiger partial charge in [-0.1, -0.05) is 25.3 Å². The minimum absolute atomic E-state index is 0.559. The third-order valence-corrected chi connectivity index (χ3v) is 4.35. The van der Waals surface area contributed by atoms with E-state index in [0.717, 1.165) is 17.3 Å². The number of rotatable bonds is 3. The van der Waals surface area contributed by atoms with Crippen molar-refractivity contribution in [1.82, 2.24) is 20.0 Å². The molecule has 2 aromatic rings. The summed E-state index contributed by atoms with van der Waals surface area (Å²) in [5.74, 6) is 0.876. The van der Waals surface area contributed by atoms with Crippen LogP contribution in [-0.4, -0.2) is 28.4 Å². The third kappa shape index (κ3) is 3.40. The maximum atomic E-state index is 4.64. The SMILES string of the molecule is CN=C(NCc1cn2c(C)cccc2n1)NC1CCCCC1. The summed E-state index contributed by atoms with van der Waals surface area (Å²) in [6.45, 7) is 2.78. The number of guanidine groups is 1. The number of nitrogens with zero attached hydrogens (tertiary/aromatic N) is 3. The zero-order valence-electron chi connectivity index (χ0n) is 13.5. The van der Waals surface area contributed by atoms with Crippen molar-refractivity contribution >= 4 is 11.6 Å². The number of hydrogen-bond donors (Lipinski definition) is 2. The molecular weight excluding hydrogens is 274 g/mol. The molecule has 22 heavy (non-hydrogen) atoms. The number of nitrogens with one attached hydrogen (secondary N) is 2. The van der Waals surface area contributed by atoms with Gasteiger partial charge in [-0.15, -0.1) is 0 Å². The van der Waals surface area contributed by atoms with Crippen molar-refractivity contribution in [3.05, 3.63) is 35.8 Å². The fraction of sp³-hybridized carbons (Fsp3) is 0.529. The number of aliphatic imine (C=N–C) groups is 1. The minimum Gasteiger partial charge on any atom is -0.354 e. The Morgan fingerprint density at radius 2 is 2.14 bits per heavy atom. The topological polar surface area (TPSA) is 53.7 Å². The molecule has 5 heteroatoms. The lowest BCUT2D eigenvalue weighted by Crippen LogP contribution is -2.43. The molecule has 2 heterocycles. The standard InChI is InChI=1S/C17H25N5/c1-13-7-6-10-16-20-15(12-22(13)16)11-19-17(18-2)21-14-8-4-3-5-9-14/h6-7,10,12,14H,3-5,8-9,11H2,1-2H3,(H2,18,19,21). The van der Waals surface area contributed by atoms with E-state index in [4.69, 9.17) is 0 Å². The quantitative estimate of drug-likeness (QED) is 0.677. The molecule has 3 rings (SSSR count). The zero-order chi connectivity index (χ0) is 15.4. The van der Waals surface area contributed by atoms with Crippen molar-refractivity contribution in [2.75, 3.05) is 7.05 Å². The molecule has 0 bridgehead atoms. The second-order valence-electron chi connectivity index (χ2n) is 6.03. The molecule has 1 aliphatic carbocycles. The summed E-state index contributed by atoms with van der Waals surface area (Å²) in [6, 6.07) is 6.72. The Kier molecular flexibility index (Phi) is 4.61. The molecule has 0 amide bonds. The molecule has 1 fully saturated rings. The number of hydrogen-bond acceptors (Lipinski definition) is 2. The lowest BCUT2D eigenvalue weighted by atomic mass is 9.96. The van der Waals surface area contributed by atoms with Crippen molar-refractivity contribution in [3.8, 4) is 0 Å². The fourth-order valence-electron chi connectivity index (χ4n) is 3.09. The molecule has 5 nitrogen and oxygen atoms in total. The molecular formula is C17H25N5. The molecule has 0 unspecified atom stereocenters. The first-order chi connectivity index (χ1) is 10.8. The predicted molar refractivity (Wildman–Crippen MR) is 90.1 cm³/mol. The van der Waals surface area contributed by atoms with Crippen LogP contribution in [0.1, 0.15) is 43.5 Å². The normalized spacial score (nSPS) is 16.9. The Morgan fingerprint density at radius 3 is 2.86 bits per heavy atom. The van der Waals surface area contributed by atoms with Gasteiger partial charge in [-0.05, 0) is 31.9 Å². The first-order valence-corrected chi connectivity index (χ1v) is 8.17. The number of imidazole rings is 1. The van der Waals surface area contributed by atoms with Crippen molar-refractivity contribution in [1.29, 1.82) is 0 Å². The molecule has 0 spiro atoms. The molecule has 0 aromatic carbocycles. The Morgan fingerprint density at radius 1 is 1.32 bits per heavy atom. The summed E-state index contributed by atoms with van der Waals surface area (Å²) < 4.78 is 2.12. The second kappa shape index (κ2) is 6.81. The molecule has 0 saturated heterocycles. The van der Waals surface area contributed by atoms with E-state index < -0.39 is 0 Å². The lowest BCUT2D eigenvalue weighted by molar-refractivity contribution is 0.410. The molecule has 1 aliphatic rings. The Labute approximate surface area is 131 Å². The van der Waals surface area contributed by atoms with Gasteiger partial charge in [0.15, 0.2) is 5.96 Å². The van der Waals surface area contributed by atoms with E-state index in [1.807, 2.05) is 19.2 Å². The molecule has 0 aliphatic heterocycles. The van der Waals surface area contributed by atoms with E-state index in [1.165, 1.54) is 37.8 Å². The van der Waals surface area contributed by atoms with Crippen LogP contribution in [0.15, 0.2) is 29.4 Å². The number of fused-ring (bicyclic) bond motifs is 1. The molecule has 118 valence electrons. The van der Waals surface area contributed by atoms with Crippen LogP contribution in [0.3, 0.4) is 0 Å². The van der Waals surface area contributed by atoms with Gasteiger partial charge in [0.05, 0.1) is 12.2 Å². The van der Waals surface area contributed by atoms with Gasteiger partial charge in [0.25, 0.3) is 0 Å². The van der Waals surface area contributed by atoms with Gasteiger partial charge in [0.2, 0.25) is 0 Å². The first-order valence-electron chi connectivity index (χ1n) is 8.17. The van der Waals surface area contributed by atoms with Crippen molar-refractivity contribution in [3.63, 3.8) is 0 Å². The Bertz CT molecular complexity index is 652. The third-order valence-electron chi connectivity index (χ3n) is 4.35. The summed E-state index contributed by atoms with van der Waals surface area (Å²) in [6.07, 6.45) is 8.58. The molecule has 0 radical (unpaired) electrons. The van der Waals surface area contributed by atoms with E-state index in [-0.39, 0.29) is 0 Å². The molecule has 2 N–H and O–H groups in total. The van der Waals surface area contributed by atoms with Crippen LogP contribution in [0.25, 0.3) is 5.65 Å². The van der Waals surface area contributed by atoms with Crippen LogP contribution in [-0.2, 0) is 6.54 Å². The number of aromatic nitrogens is 2. The number of pyridine rings is 1. The predicted octanol–water partition coefficient (Wildman–Crippen LogP) is 2.64. The van der Waals surface area contributed by atoms with Gasteiger partial charge < -0.3 is 15.0 Å². The summed E-state index contributed by atoms with van der Waals surface area (Å²) in [4.78, 5) is 8.97. The second-order valence-corrected chi connectivity index (χ2v) is 6.03. The van der Waals surface area contributed by atoms with E-state index in [2.05, 4.69) is 44.2 Å². The van der Waals surface area contributed by atoms with Gasteiger partial charge in [0.1, 0.15) is 5.65 Å². The van der Waals surface area contributed by atoms with Gasteiger partial charge in [-0.25, -0.2) is 4.98 Å². The van der Waals surface area contributed by atoms with E-state index in [1.54, 1.807) is 0 Å². The summed E-state index contributed by atoms with van der Waals surface area (Å²) in [5.41, 5.74) is 3.22. The van der Waals surface area contributed by atoms with E-state index in [0.29, 0.717) is 12.6 Å². The van der Waals surface area contributed by atoms with Crippen LogP contribution in [0, 0.1) is 6.92 Å². The highest BCUT2D eigenvalue weighted by atomic mass is 15.2. The maximum absolute atomic E-state index is 4.64. The van der Waals surface area contributed by atoms with Crippen LogP contribution < -0.4 is 10.6 Å². The van der Waals surface area contributed by atoms with Crippen molar-refractivity contribution in [2.24, 2.45) is 4.99 Å². The van der Waals surface area contributed by atoms with Crippen LogP contribution in [0.2, 0.25) is 0 Å². The van der Waals surface area contributed by atoms with E-state index >= 15 is 0 Å². The Hall–Kier alpha value is -2.04. The average Bonchev–Trinajstić information content (AvgIpc) is 2.97. The summed E-state index contributed by atoms with van der Waals surface area (Å²) in [5, 5.41) is 6.90. The van der Waals surface area contributed by atoms with Crippen molar-refractivity contribution in [2.45, 2.75) is 51.6 Å². The fourth-order valence-corrected chi connectivity index (χ4v) is 3.09. The zero-order valence-corrected chi connectivity index (χ0v) is 13.5. The highest BCUT2D eigenvalue weighted by Crippen LogP contribution is 2.17. The van der Waals surface area contributed by atoms with E-state index in [9.17, 15) is 0 Å². The largest absolute Gasteiger partial charge is 0.354 e.